The van der Waals surface area contributed by atoms with Gasteiger partial charge >= 0.3 is 0 Å². The molecule has 0 saturated carbocycles. The normalized spacial score (nSPS) is 17.2. The van der Waals surface area contributed by atoms with Crippen molar-refractivity contribution in [3.05, 3.63) is 197 Å². The standard InChI is InChI=1S/C63H46F4N4O6S8/c1-3-5-7-9-13-33-19-23-35(24-20-33)63(36-25-21-34(22-26-36)14-10-8-6-4-2)39-29-47(61-55-53(68-82-70-55)45(78-61)15-11-17-49-57(72)37-27-41(64)43(66)31-51(37)84(49,74)75)80-59(39)60-40(63)30-48(81-60)62-56-54(69-83-71-56)46(79-62)16-12-18-50-58(73)38-28-42(65)44(67)32-52(38)85(50,76)77/h11-12,15-32H,3-10,13-14H2,1-2H3/b15-11+,16-12+,49-17-,50-18-. The second-order valence-corrected chi connectivity index (χ2v) is 30.0. The predicted molar refractivity (Wildman–Crippen MR) is 335 cm³/mol. The second kappa shape index (κ2) is 22.5. The Balaban J connectivity index is 0.935. The van der Waals surface area contributed by atoms with Crippen LogP contribution in [0, 0.1) is 23.3 Å². The number of benzene rings is 4. The first-order valence-electron chi connectivity index (χ1n) is 27.4. The molecule has 0 spiro atoms. The molecule has 0 fully saturated rings. The Hall–Kier alpha value is -6.76. The van der Waals surface area contributed by atoms with Gasteiger partial charge in [-0.3, -0.25) is 9.59 Å². The summed E-state index contributed by atoms with van der Waals surface area (Å²) in [5, 5.41) is 0. The fourth-order valence-corrected chi connectivity index (χ4v) is 21.0. The number of Topliss-reactive ketones (excluding diaryl/α,β-unsaturated/α-hetero) is 2. The Morgan fingerprint density at radius 2 is 0.859 bits per heavy atom. The number of halogens is 4. The Morgan fingerprint density at radius 1 is 0.471 bits per heavy atom. The topological polar surface area (TPSA) is 152 Å². The van der Waals surface area contributed by atoms with Gasteiger partial charge in [-0.05, 0) is 120 Å². The molecule has 13 rings (SSSR count). The Bertz CT molecular complexity index is 4430. The minimum Gasteiger partial charge on any atom is -0.288 e. The predicted octanol–water partition coefficient (Wildman–Crippen LogP) is 19.0. The summed E-state index contributed by atoms with van der Waals surface area (Å²) in [7, 11) is -8.85. The molecule has 4 aliphatic heterocycles. The van der Waals surface area contributed by atoms with Gasteiger partial charge in [0, 0.05) is 20.9 Å². The molecule has 4 aromatic carbocycles. The molecule has 0 atom stereocenters. The van der Waals surface area contributed by atoms with Crippen LogP contribution in [0.5, 0.6) is 0 Å². The molecule has 0 saturated heterocycles. The molecule has 10 nitrogen and oxygen atoms in total. The highest BCUT2D eigenvalue weighted by Gasteiger charge is 2.50. The van der Waals surface area contributed by atoms with Crippen LogP contribution in [0.1, 0.15) is 129 Å². The first-order chi connectivity index (χ1) is 41.0. The first-order valence-corrected chi connectivity index (χ1v) is 35.1. The van der Waals surface area contributed by atoms with Gasteiger partial charge in [0.15, 0.2) is 23.3 Å². The molecule has 0 unspecified atom stereocenters. The molecular weight excluding hydrogens is 1240 g/mol. The highest BCUT2D eigenvalue weighted by atomic mass is 32.2. The minimum atomic E-state index is -4.42. The summed E-state index contributed by atoms with van der Waals surface area (Å²) in [6.45, 7) is 4.41. The second-order valence-electron chi connectivity index (χ2n) is 21.0. The maximum atomic E-state index is 14.2. The molecule has 1 aliphatic carbocycles. The molecule has 8 aromatic rings. The average molecular weight is 1290 g/mol. The molecule has 0 radical (unpaired) electrons. The van der Waals surface area contributed by atoms with Gasteiger partial charge in [-0.1, -0.05) is 113 Å². The van der Waals surface area contributed by atoms with Gasteiger partial charge in [0.25, 0.3) is 0 Å². The summed E-state index contributed by atoms with van der Waals surface area (Å²) in [4.78, 5) is 31.2. The summed E-state index contributed by atoms with van der Waals surface area (Å²) in [6, 6.07) is 24.9. The molecule has 0 bridgehead atoms. The lowest BCUT2D eigenvalue weighted by Gasteiger charge is -2.33. The number of carbonyl (C=O) groups excluding carboxylic acids is 2. The zero-order valence-electron chi connectivity index (χ0n) is 45.1. The molecule has 85 heavy (non-hydrogen) atoms. The molecular formula is C63H46F4N4O6S8. The van der Waals surface area contributed by atoms with Gasteiger partial charge in [0.05, 0.1) is 67.2 Å². The van der Waals surface area contributed by atoms with Crippen LogP contribution in [-0.4, -0.2) is 28.4 Å². The number of rotatable bonds is 18. The number of thiophene rings is 4. The first kappa shape index (κ1) is 57.3. The molecule has 0 N–H and O–H groups in total. The van der Waals surface area contributed by atoms with Crippen molar-refractivity contribution in [1.82, 2.24) is 0 Å². The third kappa shape index (κ3) is 9.62. The van der Waals surface area contributed by atoms with Gasteiger partial charge in [0.2, 0.25) is 31.2 Å². The number of hydrogen-bond acceptors (Lipinski definition) is 14. The van der Waals surface area contributed by atoms with Gasteiger partial charge < -0.3 is 0 Å². The number of fused-ring (bicyclic) bond motifs is 7. The Morgan fingerprint density at radius 3 is 1.26 bits per heavy atom. The van der Waals surface area contributed by atoms with Crippen molar-refractivity contribution < 1.29 is 44.0 Å². The molecule has 430 valence electrons. The fraction of sp³-hybridized carbons (Fsp3) is 0.206. The maximum absolute atomic E-state index is 14.2. The summed E-state index contributed by atoms with van der Waals surface area (Å²) in [6.07, 6.45) is 19.5. The van der Waals surface area contributed by atoms with Crippen molar-refractivity contribution >= 4 is 134 Å². The van der Waals surface area contributed by atoms with E-state index in [2.05, 4.69) is 83.2 Å². The smallest absolute Gasteiger partial charge is 0.211 e. The van der Waals surface area contributed by atoms with Crippen molar-refractivity contribution in [2.75, 3.05) is 0 Å². The summed E-state index contributed by atoms with van der Waals surface area (Å²) in [5.74, 6) is -7.24. The monoisotopic (exact) mass is 1290 g/mol. The van der Waals surface area contributed by atoms with E-state index in [1.54, 1.807) is 34.8 Å². The fourth-order valence-electron chi connectivity index (χ4n) is 11.5. The van der Waals surface area contributed by atoms with E-state index in [0.717, 1.165) is 138 Å². The van der Waals surface area contributed by atoms with Crippen molar-refractivity contribution in [1.29, 1.82) is 0 Å². The molecule has 8 heterocycles. The van der Waals surface area contributed by atoms with E-state index >= 15 is 0 Å². The van der Waals surface area contributed by atoms with E-state index in [1.165, 1.54) is 58.8 Å². The number of sulfone groups is 2. The quantitative estimate of drug-likeness (QED) is 0.0361. The minimum absolute atomic E-state index is 0.425. The van der Waals surface area contributed by atoms with Crippen LogP contribution in [-0.2, 0) is 60.6 Å². The third-order valence-electron chi connectivity index (χ3n) is 15.8. The van der Waals surface area contributed by atoms with Crippen LogP contribution < -0.4 is 0 Å². The van der Waals surface area contributed by atoms with Gasteiger partial charge in [-0.25, -0.2) is 34.4 Å². The van der Waals surface area contributed by atoms with Crippen LogP contribution in [0.4, 0.5) is 40.3 Å². The van der Waals surface area contributed by atoms with Crippen molar-refractivity contribution in [2.45, 2.75) is 93.3 Å². The van der Waals surface area contributed by atoms with E-state index in [1.807, 2.05) is 0 Å². The molecule has 5 aliphatic rings. The lowest BCUT2D eigenvalue weighted by molar-refractivity contribution is 0.103. The number of unbranched alkanes of at least 4 members (excludes halogenated alkanes) is 6. The van der Waals surface area contributed by atoms with Crippen LogP contribution in [0.2, 0.25) is 0 Å². The van der Waals surface area contributed by atoms with Gasteiger partial charge in [-0.2, -0.15) is 17.5 Å². The highest BCUT2D eigenvalue weighted by molar-refractivity contribution is 7.97. The van der Waals surface area contributed by atoms with E-state index < -0.39 is 90.7 Å². The van der Waals surface area contributed by atoms with E-state index in [9.17, 15) is 44.0 Å². The summed E-state index contributed by atoms with van der Waals surface area (Å²) < 4.78 is 129. The zero-order valence-corrected chi connectivity index (χ0v) is 51.7. The number of aryl methyl sites for hydroxylation is 2. The Kier molecular flexibility index (Phi) is 15.2. The number of carbonyl (C=O) groups is 2. The lowest BCUT2D eigenvalue weighted by Crippen LogP contribution is -2.28. The number of hydrogen-bond donors (Lipinski definition) is 0. The van der Waals surface area contributed by atoms with E-state index in [0.29, 0.717) is 56.8 Å². The number of nitrogens with zero attached hydrogens (tertiary/aromatic N) is 4. The zero-order chi connectivity index (χ0) is 59.1. The average Bonchev–Trinajstić information content (AvgIpc) is 1.59. The van der Waals surface area contributed by atoms with Crippen molar-refractivity contribution in [3.63, 3.8) is 0 Å². The highest BCUT2D eigenvalue weighted by Crippen LogP contribution is 2.65. The number of ketones is 2. The van der Waals surface area contributed by atoms with E-state index in [4.69, 9.17) is 8.73 Å². The van der Waals surface area contributed by atoms with Crippen LogP contribution in [0.15, 0.2) is 146 Å². The molecule has 22 heteroatoms. The third-order valence-corrected chi connectivity index (χ3v) is 25.5. The van der Waals surface area contributed by atoms with Crippen LogP contribution in [0.3, 0.4) is 0 Å². The van der Waals surface area contributed by atoms with Crippen molar-refractivity contribution in [2.24, 2.45) is 17.5 Å². The van der Waals surface area contributed by atoms with E-state index in [-0.39, 0.29) is 0 Å². The molecule has 4 aromatic heterocycles. The van der Waals surface area contributed by atoms with Crippen molar-refractivity contribution in [3.8, 4) is 29.3 Å². The Labute approximate surface area is 510 Å². The number of allylic oxidation sites excluding steroid dienone is 6. The summed E-state index contributed by atoms with van der Waals surface area (Å²) >= 11 is 8.20. The van der Waals surface area contributed by atoms with Crippen LogP contribution >= 0.6 is 45.3 Å². The van der Waals surface area contributed by atoms with Gasteiger partial charge in [-0.15, -0.1) is 45.3 Å². The maximum Gasteiger partial charge on any atom is 0.211 e. The largest absolute Gasteiger partial charge is 0.288 e. The SMILES string of the molecule is CCCCCCc1ccc(C2(c3ccc(CCCCCC)cc3)c3cc(-c4sc(/C=C/C=C5/C(=O)c6cc(F)c(F)cc6S5(=O)=O)c5c4N=S=N5)sc3-c3sc(-c4sc(/C=C/C=C5/C(=O)c6cc(F)c(F)cc6S5(=O)=O)c5c4N=S=N5)cc32)cc1. The summed E-state index contributed by atoms with van der Waals surface area (Å²) in [5.41, 5.74) is 7.61. The molecule has 0 amide bonds. The van der Waals surface area contributed by atoms with Crippen LogP contribution in [0.25, 0.3) is 41.4 Å². The van der Waals surface area contributed by atoms with Gasteiger partial charge in [0.1, 0.15) is 32.6 Å². The lowest BCUT2D eigenvalue weighted by atomic mass is 9.68.